The van der Waals surface area contributed by atoms with Gasteiger partial charge in [-0.1, -0.05) is 13.0 Å². The minimum atomic E-state index is 0.375. The standard InChI is InChI=1S/C15H18N2O2/c1-3-17(9-13-6-4-5-12(2)16-13)10-14-7-8-15(11-18)19-14/h4-8,11H,3,9-10H2,1-2H3. The van der Waals surface area contributed by atoms with Crippen LogP contribution in [0.25, 0.3) is 0 Å². The van der Waals surface area contributed by atoms with E-state index in [1.54, 1.807) is 6.07 Å². The number of pyridine rings is 1. The van der Waals surface area contributed by atoms with Crippen molar-refractivity contribution in [3.05, 3.63) is 53.2 Å². The number of nitrogens with zero attached hydrogens (tertiary/aromatic N) is 2. The molecule has 0 amide bonds. The molecule has 2 heterocycles. The summed E-state index contributed by atoms with van der Waals surface area (Å²) in [7, 11) is 0. The van der Waals surface area contributed by atoms with Gasteiger partial charge in [-0.25, -0.2) is 0 Å². The molecule has 0 N–H and O–H groups in total. The smallest absolute Gasteiger partial charge is 0.185 e. The Bertz CT molecular complexity index is 549. The van der Waals surface area contributed by atoms with Crippen molar-refractivity contribution in [3.63, 3.8) is 0 Å². The van der Waals surface area contributed by atoms with E-state index in [-0.39, 0.29) is 0 Å². The van der Waals surface area contributed by atoms with Crippen LogP contribution in [0.5, 0.6) is 0 Å². The van der Waals surface area contributed by atoms with Crippen molar-refractivity contribution >= 4 is 6.29 Å². The highest BCUT2D eigenvalue weighted by molar-refractivity contribution is 5.70. The van der Waals surface area contributed by atoms with Gasteiger partial charge in [-0.2, -0.15) is 0 Å². The summed E-state index contributed by atoms with van der Waals surface area (Å²) >= 11 is 0. The molecule has 0 aliphatic carbocycles. The van der Waals surface area contributed by atoms with Gasteiger partial charge in [0.2, 0.25) is 0 Å². The summed E-state index contributed by atoms with van der Waals surface area (Å²) in [6, 6.07) is 9.57. The first-order valence-corrected chi connectivity index (χ1v) is 6.40. The van der Waals surface area contributed by atoms with Crippen LogP contribution in [0, 0.1) is 6.92 Å². The molecular formula is C15H18N2O2. The first-order valence-electron chi connectivity index (χ1n) is 6.40. The average Bonchev–Trinajstić information content (AvgIpc) is 2.85. The van der Waals surface area contributed by atoms with E-state index in [4.69, 9.17) is 4.42 Å². The molecule has 0 unspecified atom stereocenters. The zero-order chi connectivity index (χ0) is 13.7. The maximum absolute atomic E-state index is 10.6. The van der Waals surface area contributed by atoms with Gasteiger partial charge >= 0.3 is 0 Å². The number of aldehydes is 1. The summed E-state index contributed by atoms with van der Waals surface area (Å²) in [6.45, 7) is 6.43. The first kappa shape index (κ1) is 13.5. The van der Waals surface area contributed by atoms with Crippen molar-refractivity contribution < 1.29 is 9.21 Å². The van der Waals surface area contributed by atoms with E-state index < -0.39 is 0 Å². The van der Waals surface area contributed by atoms with Gasteiger partial charge < -0.3 is 4.42 Å². The van der Waals surface area contributed by atoms with Crippen molar-refractivity contribution in [2.24, 2.45) is 0 Å². The van der Waals surface area contributed by atoms with E-state index in [1.165, 1.54) is 0 Å². The number of hydrogen-bond donors (Lipinski definition) is 0. The zero-order valence-corrected chi connectivity index (χ0v) is 11.3. The molecule has 0 fully saturated rings. The topological polar surface area (TPSA) is 46.3 Å². The molecule has 4 nitrogen and oxygen atoms in total. The quantitative estimate of drug-likeness (QED) is 0.747. The molecular weight excluding hydrogens is 240 g/mol. The normalized spacial score (nSPS) is 10.9. The molecule has 0 atom stereocenters. The summed E-state index contributed by atoms with van der Waals surface area (Å²) in [5, 5.41) is 0. The second-order valence-corrected chi connectivity index (χ2v) is 4.50. The molecule has 0 aromatic carbocycles. The van der Waals surface area contributed by atoms with E-state index in [0.717, 1.165) is 36.5 Å². The molecule has 0 radical (unpaired) electrons. The van der Waals surface area contributed by atoms with Crippen molar-refractivity contribution in [1.82, 2.24) is 9.88 Å². The third kappa shape index (κ3) is 3.76. The molecule has 2 rings (SSSR count). The summed E-state index contributed by atoms with van der Waals surface area (Å²) in [6.07, 6.45) is 0.724. The Morgan fingerprint density at radius 3 is 2.74 bits per heavy atom. The minimum Gasteiger partial charge on any atom is -0.457 e. The van der Waals surface area contributed by atoms with Gasteiger partial charge in [-0.05, 0) is 37.7 Å². The summed E-state index contributed by atoms with van der Waals surface area (Å²) < 4.78 is 5.40. The fourth-order valence-corrected chi connectivity index (χ4v) is 1.96. The number of furan rings is 1. The largest absolute Gasteiger partial charge is 0.457 e. The molecule has 0 spiro atoms. The monoisotopic (exact) mass is 258 g/mol. The molecule has 19 heavy (non-hydrogen) atoms. The average molecular weight is 258 g/mol. The maximum Gasteiger partial charge on any atom is 0.185 e. The van der Waals surface area contributed by atoms with Gasteiger partial charge in [-0.15, -0.1) is 0 Å². The number of aromatic nitrogens is 1. The molecule has 100 valence electrons. The Balaban J connectivity index is 2.02. The highest BCUT2D eigenvalue weighted by atomic mass is 16.3. The van der Waals surface area contributed by atoms with Crippen LogP contribution >= 0.6 is 0 Å². The Kier molecular flexibility index (Phi) is 4.47. The summed E-state index contributed by atoms with van der Waals surface area (Å²) in [5.41, 5.74) is 2.07. The number of carbonyl (C=O) groups excluding carboxylic acids is 1. The number of hydrogen-bond acceptors (Lipinski definition) is 4. The van der Waals surface area contributed by atoms with Crippen LogP contribution in [0.1, 0.15) is 34.6 Å². The van der Waals surface area contributed by atoms with Crippen LogP contribution in [0.3, 0.4) is 0 Å². The summed E-state index contributed by atoms with van der Waals surface area (Å²) in [4.78, 5) is 17.3. The molecule has 2 aromatic heterocycles. The molecule has 0 saturated heterocycles. The highest BCUT2D eigenvalue weighted by Gasteiger charge is 2.09. The predicted molar refractivity (Wildman–Crippen MR) is 72.9 cm³/mol. The second-order valence-electron chi connectivity index (χ2n) is 4.50. The van der Waals surface area contributed by atoms with Gasteiger partial charge in [0.25, 0.3) is 0 Å². The number of rotatable bonds is 6. The third-order valence-corrected chi connectivity index (χ3v) is 2.96. The Morgan fingerprint density at radius 2 is 2.11 bits per heavy atom. The molecule has 2 aromatic rings. The highest BCUT2D eigenvalue weighted by Crippen LogP contribution is 2.11. The lowest BCUT2D eigenvalue weighted by Gasteiger charge is -2.18. The minimum absolute atomic E-state index is 0.375. The van der Waals surface area contributed by atoms with Crippen LogP contribution in [0.2, 0.25) is 0 Å². The fourth-order valence-electron chi connectivity index (χ4n) is 1.96. The summed E-state index contributed by atoms with van der Waals surface area (Å²) in [5.74, 6) is 1.18. The van der Waals surface area contributed by atoms with Crippen LogP contribution in [0.4, 0.5) is 0 Å². The third-order valence-electron chi connectivity index (χ3n) is 2.96. The lowest BCUT2D eigenvalue weighted by Crippen LogP contribution is -2.22. The van der Waals surface area contributed by atoms with Gasteiger partial charge in [0.15, 0.2) is 12.0 Å². The Labute approximate surface area is 113 Å². The Hall–Kier alpha value is -1.94. The van der Waals surface area contributed by atoms with E-state index in [2.05, 4.69) is 16.8 Å². The lowest BCUT2D eigenvalue weighted by atomic mass is 10.3. The lowest BCUT2D eigenvalue weighted by molar-refractivity contribution is 0.109. The van der Waals surface area contributed by atoms with E-state index >= 15 is 0 Å². The molecule has 0 bridgehead atoms. The molecule has 4 heteroatoms. The predicted octanol–water partition coefficient (Wildman–Crippen LogP) is 2.82. The van der Waals surface area contributed by atoms with Crippen LogP contribution in [-0.4, -0.2) is 22.7 Å². The zero-order valence-electron chi connectivity index (χ0n) is 11.3. The van der Waals surface area contributed by atoms with Gasteiger partial charge in [0, 0.05) is 12.2 Å². The SMILES string of the molecule is CCN(Cc1cccc(C)n1)Cc1ccc(C=O)o1. The fraction of sp³-hybridized carbons (Fsp3) is 0.333. The first-order chi connectivity index (χ1) is 9.21. The van der Waals surface area contributed by atoms with Crippen molar-refractivity contribution in [2.45, 2.75) is 26.9 Å². The van der Waals surface area contributed by atoms with Crippen molar-refractivity contribution in [2.75, 3.05) is 6.54 Å². The van der Waals surface area contributed by atoms with E-state index in [1.807, 2.05) is 31.2 Å². The van der Waals surface area contributed by atoms with Crippen molar-refractivity contribution in [1.29, 1.82) is 0 Å². The molecule has 0 aliphatic heterocycles. The van der Waals surface area contributed by atoms with Gasteiger partial charge in [-0.3, -0.25) is 14.7 Å². The molecule has 0 saturated carbocycles. The van der Waals surface area contributed by atoms with Crippen LogP contribution in [-0.2, 0) is 13.1 Å². The van der Waals surface area contributed by atoms with Gasteiger partial charge in [0.05, 0.1) is 12.2 Å². The van der Waals surface area contributed by atoms with Gasteiger partial charge in [0.1, 0.15) is 5.76 Å². The van der Waals surface area contributed by atoms with E-state index in [9.17, 15) is 4.79 Å². The maximum atomic E-state index is 10.6. The van der Waals surface area contributed by atoms with E-state index in [0.29, 0.717) is 12.3 Å². The number of aryl methyl sites for hydroxylation is 1. The van der Waals surface area contributed by atoms with Crippen LogP contribution < -0.4 is 0 Å². The molecule has 0 aliphatic rings. The Morgan fingerprint density at radius 1 is 1.26 bits per heavy atom. The second kappa shape index (κ2) is 6.29. The van der Waals surface area contributed by atoms with Crippen molar-refractivity contribution in [3.8, 4) is 0 Å². The number of carbonyl (C=O) groups is 1. The van der Waals surface area contributed by atoms with Crippen LogP contribution in [0.15, 0.2) is 34.7 Å².